The Hall–Kier alpha value is -3.38. The van der Waals surface area contributed by atoms with Crippen LogP contribution in [0.1, 0.15) is 49.2 Å². The Morgan fingerprint density at radius 3 is 2.56 bits per heavy atom. The highest BCUT2D eigenvalue weighted by molar-refractivity contribution is 6.08. The van der Waals surface area contributed by atoms with Gasteiger partial charge in [-0.2, -0.15) is 5.26 Å². The van der Waals surface area contributed by atoms with Crippen molar-refractivity contribution < 1.29 is 13.9 Å². The number of nitriles is 1. The van der Waals surface area contributed by atoms with E-state index in [9.17, 15) is 14.4 Å². The van der Waals surface area contributed by atoms with E-state index >= 15 is 0 Å². The van der Waals surface area contributed by atoms with Crippen LogP contribution in [0.15, 0.2) is 35.6 Å². The predicted octanol–water partition coefficient (Wildman–Crippen LogP) is 2.66. The first-order valence-corrected chi connectivity index (χ1v) is 11.4. The number of rotatable bonds is 3. The van der Waals surface area contributed by atoms with Crippen molar-refractivity contribution >= 4 is 11.9 Å². The van der Waals surface area contributed by atoms with Crippen molar-refractivity contribution in [2.75, 3.05) is 7.11 Å². The number of ether oxygens (including phenoxy) is 1. The molecule has 2 spiro atoms. The maximum atomic E-state index is 14.3. The molecule has 1 aromatic carbocycles. The summed E-state index contributed by atoms with van der Waals surface area (Å²) in [6.45, 7) is 4.30. The maximum Gasteiger partial charge on any atom is 0.262 e. The molecule has 0 saturated heterocycles. The SMILES string of the molecule is COC1[C@H](C)CC2(Cc3ccc(C#N)cc3C23N=C(N)N(Cc2ncc(F)cn2)C3=O)C[C@@H]1C. The lowest BCUT2D eigenvalue weighted by molar-refractivity contribution is -0.142. The van der Waals surface area contributed by atoms with Crippen molar-refractivity contribution in [2.24, 2.45) is 28.0 Å². The zero-order chi connectivity index (χ0) is 24.3. The van der Waals surface area contributed by atoms with E-state index in [1.807, 2.05) is 6.07 Å². The van der Waals surface area contributed by atoms with Crippen LogP contribution in [0.2, 0.25) is 0 Å². The number of benzene rings is 1. The molecule has 3 unspecified atom stereocenters. The second-order valence-electron chi connectivity index (χ2n) is 9.89. The molecule has 0 radical (unpaired) electrons. The van der Waals surface area contributed by atoms with Crippen molar-refractivity contribution in [3.63, 3.8) is 0 Å². The van der Waals surface area contributed by atoms with Crippen molar-refractivity contribution in [3.05, 3.63) is 58.9 Å². The molecule has 2 N–H and O–H groups in total. The first kappa shape index (κ1) is 22.4. The lowest BCUT2D eigenvalue weighted by Gasteiger charge is -2.50. The molecule has 8 nitrogen and oxygen atoms in total. The van der Waals surface area contributed by atoms with E-state index in [0.717, 1.165) is 36.4 Å². The Labute approximate surface area is 197 Å². The van der Waals surface area contributed by atoms with Crippen LogP contribution in [-0.2, 0) is 28.0 Å². The molecule has 1 saturated carbocycles. The average Bonchev–Trinajstić information content (AvgIpc) is 3.21. The Kier molecular flexibility index (Phi) is 5.17. The van der Waals surface area contributed by atoms with Gasteiger partial charge in [-0.25, -0.2) is 19.4 Å². The van der Waals surface area contributed by atoms with Crippen LogP contribution in [-0.4, -0.2) is 39.9 Å². The molecule has 0 bridgehead atoms. The molecule has 2 aromatic rings. The largest absolute Gasteiger partial charge is 0.381 e. The van der Waals surface area contributed by atoms with E-state index in [0.29, 0.717) is 12.0 Å². The third kappa shape index (κ3) is 3.05. The molecule has 1 aliphatic heterocycles. The fraction of sp³-hybridized carbons (Fsp3) is 0.480. The van der Waals surface area contributed by atoms with Gasteiger partial charge in [-0.3, -0.25) is 9.69 Å². The minimum absolute atomic E-state index is 0.00858. The van der Waals surface area contributed by atoms with Gasteiger partial charge < -0.3 is 10.5 Å². The van der Waals surface area contributed by atoms with Gasteiger partial charge in [0.25, 0.3) is 5.91 Å². The number of hydrogen-bond acceptors (Lipinski definition) is 7. The van der Waals surface area contributed by atoms with Crippen LogP contribution in [0.3, 0.4) is 0 Å². The minimum atomic E-state index is -1.24. The predicted molar refractivity (Wildman–Crippen MR) is 121 cm³/mol. The second-order valence-corrected chi connectivity index (χ2v) is 9.89. The highest BCUT2D eigenvalue weighted by Gasteiger charge is 2.68. The Morgan fingerprint density at radius 2 is 1.94 bits per heavy atom. The van der Waals surface area contributed by atoms with E-state index in [-0.39, 0.29) is 42.2 Å². The number of aromatic nitrogens is 2. The zero-order valence-corrected chi connectivity index (χ0v) is 19.5. The molecule has 5 atom stereocenters. The molecule has 9 heteroatoms. The molecule has 176 valence electrons. The smallest absolute Gasteiger partial charge is 0.262 e. The number of carbonyl (C=O) groups is 1. The minimum Gasteiger partial charge on any atom is -0.381 e. The average molecular weight is 463 g/mol. The Morgan fingerprint density at radius 1 is 1.26 bits per heavy atom. The molecular formula is C25H27FN6O2. The summed E-state index contributed by atoms with van der Waals surface area (Å²) in [5.41, 5.74) is 6.88. The number of methoxy groups -OCH3 is 1. The quantitative estimate of drug-likeness (QED) is 0.749. The van der Waals surface area contributed by atoms with Gasteiger partial charge in [0.05, 0.1) is 36.7 Å². The third-order valence-electron chi connectivity index (χ3n) is 7.83. The fourth-order valence-electron chi connectivity index (χ4n) is 6.74. The van der Waals surface area contributed by atoms with E-state index in [1.165, 1.54) is 4.90 Å². The Bertz CT molecular complexity index is 1210. The number of hydrogen-bond donors (Lipinski definition) is 1. The van der Waals surface area contributed by atoms with Gasteiger partial charge in [0.2, 0.25) is 0 Å². The van der Waals surface area contributed by atoms with Crippen LogP contribution in [0.5, 0.6) is 0 Å². The number of halogens is 1. The molecule has 1 fully saturated rings. The van der Waals surface area contributed by atoms with Gasteiger partial charge in [0, 0.05) is 12.5 Å². The number of amides is 1. The Balaban J connectivity index is 1.64. The molecule has 5 rings (SSSR count). The number of aliphatic imine (C=N–C) groups is 1. The van der Waals surface area contributed by atoms with Crippen LogP contribution in [0.25, 0.3) is 0 Å². The summed E-state index contributed by atoms with van der Waals surface area (Å²) in [7, 11) is 1.73. The van der Waals surface area contributed by atoms with Crippen molar-refractivity contribution in [1.82, 2.24) is 14.9 Å². The summed E-state index contributed by atoms with van der Waals surface area (Å²) in [5, 5.41) is 9.57. The first-order valence-electron chi connectivity index (χ1n) is 11.4. The van der Waals surface area contributed by atoms with E-state index < -0.39 is 16.8 Å². The first-order chi connectivity index (χ1) is 16.2. The van der Waals surface area contributed by atoms with Gasteiger partial charge in [-0.1, -0.05) is 19.9 Å². The topological polar surface area (TPSA) is 117 Å². The zero-order valence-electron chi connectivity index (χ0n) is 19.5. The van der Waals surface area contributed by atoms with Gasteiger partial charge in [0.1, 0.15) is 5.82 Å². The van der Waals surface area contributed by atoms with Crippen LogP contribution < -0.4 is 5.73 Å². The summed E-state index contributed by atoms with van der Waals surface area (Å²) in [6.07, 6.45) is 4.34. The highest BCUT2D eigenvalue weighted by Crippen LogP contribution is 2.63. The third-order valence-corrected chi connectivity index (χ3v) is 7.83. The molecule has 1 amide bonds. The molecule has 34 heavy (non-hydrogen) atoms. The molecule has 2 aliphatic carbocycles. The normalized spacial score (nSPS) is 32.2. The number of nitrogens with two attached hydrogens (primary N) is 1. The van der Waals surface area contributed by atoms with Crippen LogP contribution in [0, 0.1) is 34.4 Å². The summed E-state index contributed by atoms with van der Waals surface area (Å²) >= 11 is 0. The fourth-order valence-corrected chi connectivity index (χ4v) is 6.74. The standard InChI is InChI=1S/C25H27FN6O2/c1-14-7-24(8-15(2)21(14)34-3)9-17-5-4-16(10-27)6-19(17)25(24)22(33)32(23(28)31-25)13-20-29-11-18(26)12-30-20/h4-6,11-12,14-15,21H,7-9,13H2,1-3H3,(H2,28,31)/t14-,15+,21?,24?,25?. The summed E-state index contributed by atoms with van der Waals surface area (Å²) < 4.78 is 19.1. The number of carbonyl (C=O) groups excluding carboxylic acids is 1. The van der Waals surface area contributed by atoms with Gasteiger partial charge >= 0.3 is 0 Å². The molecule has 1 aromatic heterocycles. The van der Waals surface area contributed by atoms with Gasteiger partial charge in [0.15, 0.2) is 17.3 Å². The van der Waals surface area contributed by atoms with E-state index in [1.54, 1.807) is 19.2 Å². The van der Waals surface area contributed by atoms with Crippen molar-refractivity contribution in [3.8, 4) is 6.07 Å². The molecular weight excluding hydrogens is 435 g/mol. The maximum absolute atomic E-state index is 14.3. The lowest BCUT2D eigenvalue weighted by Crippen LogP contribution is -2.55. The summed E-state index contributed by atoms with van der Waals surface area (Å²) in [4.78, 5) is 28.6. The van der Waals surface area contributed by atoms with Crippen molar-refractivity contribution in [1.29, 1.82) is 5.26 Å². The summed E-state index contributed by atoms with van der Waals surface area (Å²) in [6, 6.07) is 7.70. The molecule has 3 aliphatic rings. The second kappa shape index (κ2) is 7.84. The summed E-state index contributed by atoms with van der Waals surface area (Å²) in [5.74, 6) is -0.0418. The number of guanidine groups is 1. The van der Waals surface area contributed by atoms with E-state index in [4.69, 9.17) is 15.5 Å². The van der Waals surface area contributed by atoms with Crippen LogP contribution in [0.4, 0.5) is 4.39 Å². The van der Waals surface area contributed by atoms with E-state index in [2.05, 4.69) is 29.9 Å². The van der Waals surface area contributed by atoms with Gasteiger partial charge in [-0.15, -0.1) is 0 Å². The number of nitrogens with zero attached hydrogens (tertiary/aromatic N) is 5. The lowest BCUT2D eigenvalue weighted by atomic mass is 9.56. The van der Waals surface area contributed by atoms with Gasteiger partial charge in [-0.05, 0) is 54.4 Å². The van der Waals surface area contributed by atoms with Crippen LogP contribution >= 0.6 is 0 Å². The molecule has 2 heterocycles. The number of fused-ring (bicyclic) bond motifs is 3. The monoisotopic (exact) mass is 462 g/mol. The van der Waals surface area contributed by atoms with Crippen molar-refractivity contribution in [2.45, 2.75) is 51.3 Å². The highest BCUT2D eigenvalue weighted by atomic mass is 19.1.